The van der Waals surface area contributed by atoms with Crippen molar-refractivity contribution in [3.63, 3.8) is 0 Å². The quantitative estimate of drug-likeness (QED) is 0.745. The minimum atomic E-state index is 0.868. The van der Waals surface area contributed by atoms with E-state index in [1.165, 1.54) is 11.1 Å². The smallest absolute Gasteiger partial charge is 0.0897 e. The van der Waals surface area contributed by atoms with E-state index in [9.17, 15) is 0 Å². The van der Waals surface area contributed by atoms with Crippen molar-refractivity contribution in [3.05, 3.63) is 52.9 Å². The Balaban J connectivity index is 0.000000704. The Hall–Kier alpha value is -1.96. The summed E-state index contributed by atoms with van der Waals surface area (Å²) in [6, 6.07) is 6.35. The maximum absolute atomic E-state index is 4.74. The monoisotopic (exact) mass is 266 g/mol. The van der Waals surface area contributed by atoms with Gasteiger partial charge in [-0.3, -0.25) is 0 Å². The molecule has 1 heterocycles. The van der Waals surface area contributed by atoms with E-state index in [0.717, 1.165) is 35.3 Å². The van der Waals surface area contributed by atoms with Gasteiger partial charge in [-0.15, -0.1) is 0 Å². The van der Waals surface area contributed by atoms with Crippen LogP contribution in [0.15, 0.2) is 35.9 Å². The molecule has 0 radical (unpaired) electrons. The van der Waals surface area contributed by atoms with Crippen molar-refractivity contribution in [2.75, 3.05) is 0 Å². The van der Waals surface area contributed by atoms with E-state index in [-0.39, 0.29) is 0 Å². The average molecular weight is 266 g/mol. The predicted molar refractivity (Wildman–Crippen MR) is 86.8 cm³/mol. The zero-order valence-corrected chi connectivity index (χ0v) is 12.8. The second kappa shape index (κ2) is 6.47. The van der Waals surface area contributed by atoms with Crippen LogP contribution in [0, 0.1) is 0 Å². The van der Waals surface area contributed by atoms with Crippen LogP contribution in [0.3, 0.4) is 0 Å². The summed E-state index contributed by atoms with van der Waals surface area (Å²) in [6.45, 7) is 8.27. The molecule has 1 aromatic heterocycles. The first-order valence-corrected chi connectivity index (χ1v) is 7.40. The topological polar surface area (TPSA) is 25.8 Å². The number of aryl methyl sites for hydroxylation is 1. The highest BCUT2D eigenvalue weighted by atomic mass is 14.8. The number of hydrogen-bond acceptors (Lipinski definition) is 2. The number of benzene rings is 1. The molecule has 0 spiro atoms. The van der Waals surface area contributed by atoms with Gasteiger partial charge < -0.3 is 0 Å². The summed E-state index contributed by atoms with van der Waals surface area (Å²) < 4.78 is 0. The molecule has 0 fully saturated rings. The number of aromatic nitrogens is 2. The lowest BCUT2D eigenvalue weighted by atomic mass is 10.1. The number of rotatable bonds is 1. The van der Waals surface area contributed by atoms with Crippen LogP contribution in [0.2, 0.25) is 0 Å². The normalized spacial score (nSPS) is 13.1. The predicted octanol–water partition coefficient (Wildman–Crippen LogP) is 4.73. The summed E-state index contributed by atoms with van der Waals surface area (Å²) >= 11 is 0. The van der Waals surface area contributed by atoms with Gasteiger partial charge in [-0.1, -0.05) is 44.6 Å². The Morgan fingerprint density at radius 2 is 1.85 bits per heavy atom. The molecule has 1 aliphatic rings. The van der Waals surface area contributed by atoms with Gasteiger partial charge in [-0.25, -0.2) is 9.97 Å². The van der Waals surface area contributed by atoms with Gasteiger partial charge in [0.15, 0.2) is 0 Å². The zero-order valence-electron chi connectivity index (χ0n) is 12.8. The second-order valence-electron chi connectivity index (χ2n) is 4.72. The van der Waals surface area contributed by atoms with Crippen LogP contribution in [-0.2, 0) is 12.8 Å². The van der Waals surface area contributed by atoms with Crippen molar-refractivity contribution >= 4 is 17.1 Å². The first kappa shape index (κ1) is 14.4. The van der Waals surface area contributed by atoms with E-state index < -0.39 is 0 Å². The van der Waals surface area contributed by atoms with Crippen molar-refractivity contribution in [3.8, 4) is 0 Å². The lowest BCUT2D eigenvalue weighted by Gasteiger charge is -2.05. The SMILES string of the molecule is CC.CCc1ccc2nc3c(nc2c1)C=CC(C)=CC3. The third-order valence-electron chi connectivity index (χ3n) is 3.36. The highest BCUT2D eigenvalue weighted by Crippen LogP contribution is 2.19. The van der Waals surface area contributed by atoms with Crippen LogP contribution in [0.25, 0.3) is 17.1 Å². The first-order valence-electron chi connectivity index (χ1n) is 7.40. The standard InChI is InChI=1S/C16H16N2.C2H6/c1-3-12-6-9-15-16(10-12)18-14-8-5-11(2)4-7-13(14)17-15;1-2/h4-6,8-10H,3,7H2,1-2H3;1-2H3. The maximum Gasteiger partial charge on any atom is 0.0897 e. The molecule has 0 saturated heterocycles. The van der Waals surface area contributed by atoms with Crippen molar-refractivity contribution in [2.24, 2.45) is 0 Å². The Bertz CT molecular complexity index is 666. The van der Waals surface area contributed by atoms with Gasteiger partial charge in [0, 0.05) is 6.42 Å². The van der Waals surface area contributed by atoms with Gasteiger partial charge in [0.1, 0.15) is 0 Å². The minimum absolute atomic E-state index is 0.868. The van der Waals surface area contributed by atoms with Gasteiger partial charge in [0.2, 0.25) is 0 Å². The number of allylic oxidation sites excluding steroid dienone is 3. The molecule has 0 N–H and O–H groups in total. The molecule has 20 heavy (non-hydrogen) atoms. The lowest BCUT2D eigenvalue weighted by molar-refractivity contribution is 1.08. The Labute approximate surface area is 121 Å². The fourth-order valence-corrected chi connectivity index (χ4v) is 2.19. The Morgan fingerprint density at radius 1 is 1.05 bits per heavy atom. The molecule has 0 amide bonds. The third kappa shape index (κ3) is 2.96. The van der Waals surface area contributed by atoms with E-state index >= 15 is 0 Å². The summed E-state index contributed by atoms with van der Waals surface area (Å²) in [5.41, 5.74) is 6.64. The summed E-state index contributed by atoms with van der Waals surface area (Å²) in [7, 11) is 0. The molecule has 2 heteroatoms. The molecule has 0 atom stereocenters. The van der Waals surface area contributed by atoms with Crippen LogP contribution >= 0.6 is 0 Å². The van der Waals surface area contributed by atoms with E-state index in [1.807, 2.05) is 13.8 Å². The summed E-state index contributed by atoms with van der Waals surface area (Å²) in [6.07, 6.45) is 8.27. The van der Waals surface area contributed by atoms with Gasteiger partial charge in [0.05, 0.1) is 22.4 Å². The first-order chi connectivity index (χ1) is 9.76. The molecular weight excluding hydrogens is 244 g/mol. The van der Waals surface area contributed by atoms with E-state index in [0.29, 0.717) is 0 Å². The van der Waals surface area contributed by atoms with Gasteiger partial charge in [0.25, 0.3) is 0 Å². The zero-order chi connectivity index (χ0) is 14.5. The molecule has 0 bridgehead atoms. The highest BCUT2D eigenvalue weighted by Gasteiger charge is 2.08. The molecule has 1 aliphatic carbocycles. The molecule has 0 saturated carbocycles. The summed E-state index contributed by atoms with van der Waals surface area (Å²) in [5.74, 6) is 0. The summed E-state index contributed by atoms with van der Waals surface area (Å²) in [5, 5.41) is 0. The van der Waals surface area contributed by atoms with Crippen molar-refractivity contribution in [1.82, 2.24) is 9.97 Å². The number of fused-ring (bicyclic) bond motifs is 2. The highest BCUT2D eigenvalue weighted by molar-refractivity contribution is 5.77. The lowest BCUT2D eigenvalue weighted by Crippen LogP contribution is -1.97. The van der Waals surface area contributed by atoms with Crippen LogP contribution < -0.4 is 0 Å². The van der Waals surface area contributed by atoms with Crippen LogP contribution in [0.1, 0.15) is 44.6 Å². The Kier molecular flexibility index (Phi) is 4.67. The van der Waals surface area contributed by atoms with Crippen molar-refractivity contribution in [2.45, 2.75) is 40.5 Å². The Morgan fingerprint density at radius 3 is 2.60 bits per heavy atom. The molecule has 2 aromatic rings. The molecule has 0 unspecified atom stereocenters. The van der Waals surface area contributed by atoms with Crippen LogP contribution in [0.5, 0.6) is 0 Å². The fraction of sp³-hybridized carbons (Fsp3) is 0.333. The number of hydrogen-bond donors (Lipinski definition) is 0. The molecule has 1 aromatic carbocycles. The van der Waals surface area contributed by atoms with E-state index in [4.69, 9.17) is 9.97 Å². The molecule has 104 valence electrons. The van der Waals surface area contributed by atoms with Gasteiger partial charge in [-0.2, -0.15) is 0 Å². The third-order valence-corrected chi connectivity index (χ3v) is 3.36. The van der Waals surface area contributed by atoms with Gasteiger partial charge >= 0.3 is 0 Å². The maximum atomic E-state index is 4.74. The molecule has 2 nitrogen and oxygen atoms in total. The van der Waals surface area contributed by atoms with Crippen molar-refractivity contribution < 1.29 is 0 Å². The van der Waals surface area contributed by atoms with Crippen LogP contribution in [0.4, 0.5) is 0 Å². The second-order valence-corrected chi connectivity index (χ2v) is 4.72. The fourth-order valence-electron chi connectivity index (χ4n) is 2.19. The largest absolute Gasteiger partial charge is 0.249 e. The minimum Gasteiger partial charge on any atom is -0.249 e. The van der Waals surface area contributed by atoms with Gasteiger partial charge in [-0.05, 0) is 37.1 Å². The van der Waals surface area contributed by atoms with Crippen LogP contribution in [-0.4, -0.2) is 9.97 Å². The number of nitrogens with zero attached hydrogens (tertiary/aromatic N) is 2. The molecular formula is C18H22N2. The van der Waals surface area contributed by atoms with E-state index in [1.54, 1.807) is 0 Å². The van der Waals surface area contributed by atoms with E-state index in [2.05, 4.69) is 50.3 Å². The van der Waals surface area contributed by atoms with Crippen molar-refractivity contribution in [1.29, 1.82) is 0 Å². The average Bonchev–Trinajstić information content (AvgIpc) is 2.68. The summed E-state index contributed by atoms with van der Waals surface area (Å²) in [4.78, 5) is 9.46. The molecule has 3 rings (SSSR count). The molecule has 0 aliphatic heterocycles.